The molecular weight excluding hydrogens is 373 g/mol. The van der Waals surface area contributed by atoms with E-state index in [-0.39, 0.29) is 42.8 Å². The maximum Gasteiger partial charge on any atom is 0.419 e. The van der Waals surface area contributed by atoms with Gasteiger partial charge in [-0.15, -0.1) is 12.4 Å². The number of fused-ring (bicyclic) bond motifs is 2. The van der Waals surface area contributed by atoms with Crippen molar-refractivity contribution in [2.45, 2.75) is 25.9 Å². The van der Waals surface area contributed by atoms with E-state index in [1.54, 1.807) is 30.3 Å². The molecule has 0 spiro atoms. The van der Waals surface area contributed by atoms with Crippen LogP contribution in [0.25, 0.3) is 11.1 Å². The Labute approximate surface area is 160 Å². The molecule has 4 rings (SSSR count). The molecule has 0 atom stereocenters. The summed E-state index contributed by atoms with van der Waals surface area (Å²) in [6, 6.07) is 10.4. The second-order valence-electron chi connectivity index (χ2n) is 6.28. The van der Waals surface area contributed by atoms with Crippen molar-refractivity contribution in [2.75, 3.05) is 11.9 Å². The fourth-order valence-corrected chi connectivity index (χ4v) is 3.28. The summed E-state index contributed by atoms with van der Waals surface area (Å²) in [6.07, 6.45) is 0.642. The lowest BCUT2D eigenvalue weighted by Gasteiger charge is -2.19. The van der Waals surface area contributed by atoms with Crippen molar-refractivity contribution in [1.29, 1.82) is 0 Å². The Kier molecular flexibility index (Phi) is 5.62. The van der Waals surface area contributed by atoms with Crippen molar-refractivity contribution in [2.24, 2.45) is 0 Å². The molecule has 2 aromatic carbocycles. The fraction of sp³-hybridized carbons (Fsp3) is 0.263. The molecule has 3 aromatic rings. The quantitative estimate of drug-likeness (QED) is 0.717. The number of carbonyl (C=O) groups is 1. The molecule has 0 saturated heterocycles. The summed E-state index contributed by atoms with van der Waals surface area (Å²) < 4.78 is 21.1. The molecule has 1 amide bonds. The molecule has 142 valence electrons. The van der Waals surface area contributed by atoms with Gasteiger partial charge in [-0.3, -0.25) is 9.36 Å². The number of halogens is 2. The van der Waals surface area contributed by atoms with E-state index in [1.165, 1.54) is 4.57 Å². The number of benzene rings is 2. The number of nitrogens with zero attached hydrogens (tertiary/aromatic N) is 1. The van der Waals surface area contributed by atoms with Gasteiger partial charge in [0.2, 0.25) is 5.91 Å². The molecule has 0 radical (unpaired) electrons. The molecule has 0 aliphatic carbocycles. The van der Waals surface area contributed by atoms with Crippen molar-refractivity contribution < 1.29 is 13.6 Å². The zero-order chi connectivity index (χ0) is 18.1. The maximum absolute atomic E-state index is 14.6. The van der Waals surface area contributed by atoms with Gasteiger partial charge in [0.1, 0.15) is 5.82 Å². The van der Waals surface area contributed by atoms with Crippen LogP contribution in [-0.2, 0) is 24.3 Å². The van der Waals surface area contributed by atoms with Crippen LogP contribution in [-0.4, -0.2) is 17.0 Å². The number of hydrogen-bond acceptors (Lipinski definition) is 4. The van der Waals surface area contributed by atoms with Gasteiger partial charge in [0.05, 0.1) is 11.2 Å². The summed E-state index contributed by atoms with van der Waals surface area (Å²) in [6.45, 7) is 1.52. The predicted molar refractivity (Wildman–Crippen MR) is 103 cm³/mol. The average Bonchev–Trinajstić information content (AvgIpc) is 2.97. The molecule has 27 heavy (non-hydrogen) atoms. The molecule has 8 heteroatoms. The van der Waals surface area contributed by atoms with Crippen molar-refractivity contribution in [3.63, 3.8) is 0 Å². The number of amides is 1. The van der Waals surface area contributed by atoms with E-state index < -0.39 is 5.76 Å². The van der Waals surface area contributed by atoms with Gasteiger partial charge in [0, 0.05) is 19.5 Å². The highest BCUT2D eigenvalue weighted by Gasteiger charge is 2.18. The molecule has 0 saturated carbocycles. The molecular formula is C19H19ClFN3O3. The van der Waals surface area contributed by atoms with E-state index >= 15 is 0 Å². The van der Waals surface area contributed by atoms with Crippen LogP contribution in [0.15, 0.2) is 45.6 Å². The molecule has 6 nitrogen and oxygen atoms in total. The lowest BCUT2D eigenvalue weighted by atomic mass is 9.99. The van der Waals surface area contributed by atoms with Crippen LogP contribution in [0, 0.1) is 5.82 Å². The molecule has 0 fully saturated rings. The molecule has 0 unspecified atom stereocenters. The minimum atomic E-state index is -0.508. The Morgan fingerprint density at radius 2 is 2.07 bits per heavy atom. The zero-order valence-corrected chi connectivity index (χ0v) is 15.3. The van der Waals surface area contributed by atoms with Gasteiger partial charge in [-0.25, -0.2) is 9.18 Å². The van der Waals surface area contributed by atoms with E-state index in [1.807, 2.05) is 6.07 Å². The van der Waals surface area contributed by atoms with Gasteiger partial charge < -0.3 is 15.1 Å². The van der Waals surface area contributed by atoms with Gasteiger partial charge in [0.25, 0.3) is 0 Å². The first-order valence-electron chi connectivity index (χ1n) is 8.52. The van der Waals surface area contributed by atoms with Crippen molar-refractivity contribution in [3.05, 3.63) is 63.9 Å². The smallest absolute Gasteiger partial charge is 0.408 e. The van der Waals surface area contributed by atoms with E-state index in [2.05, 4.69) is 10.6 Å². The van der Waals surface area contributed by atoms with Crippen LogP contribution in [0.2, 0.25) is 0 Å². The monoisotopic (exact) mass is 391 g/mol. The summed E-state index contributed by atoms with van der Waals surface area (Å²) in [4.78, 5) is 24.2. The lowest BCUT2D eigenvalue weighted by molar-refractivity contribution is -0.116. The van der Waals surface area contributed by atoms with E-state index in [0.29, 0.717) is 29.6 Å². The fourth-order valence-electron chi connectivity index (χ4n) is 3.28. The summed E-state index contributed by atoms with van der Waals surface area (Å²) in [5.74, 6) is -1.23. The van der Waals surface area contributed by atoms with Gasteiger partial charge in [-0.2, -0.15) is 0 Å². The molecule has 2 N–H and O–H groups in total. The Balaban J connectivity index is 0.00000210. The highest BCUT2D eigenvalue weighted by Crippen LogP contribution is 2.24. The first-order chi connectivity index (χ1) is 12.6. The Bertz CT molecular complexity index is 1040. The van der Waals surface area contributed by atoms with E-state index in [4.69, 9.17) is 4.42 Å². The Morgan fingerprint density at radius 3 is 2.93 bits per heavy atom. The minimum Gasteiger partial charge on any atom is -0.408 e. The van der Waals surface area contributed by atoms with Gasteiger partial charge in [-0.05, 0) is 42.3 Å². The van der Waals surface area contributed by atoms with Gasteiger partial charge in [-0.1, -0.05) is 18.2 Å². The molecule has 1 aliphatic rings. The zero-order valence-electron chi connectivity index (χ0n) is 14.5. The van der Waals surface area contributed by atoms with Crippen LogP contribution < -0.4 is 16.4 Å². The standard InChI is InChI=1S/C19H18FN3O3.ClH/c20-18-13-7-9-21-11-12(13)5-6-14(18)22-17(24)8-10-23-15-3-1-2-4-16(15)26-19(23)25;/h1-6,21H,7-11H2,(H,22,24);1H. The first-order valence-corrected chi connectivity index (χ1v) is 8.52. The largest absolute Gasteiger partial charge is 0.419 e. The number of oxazole rings is 1. The number of anilines is 1. The van der Waals surface area contributed by atoms with Crippen LogP contribution >= 0.6 is 12.4 Å². The number of para-hydroxylation sites is 2. The second kappa shape index (κ2) is 7.94. The highest BCUT2D eigenvalue weighted by atomic mass is 35.5. The normalized spacial score (nSPS) is 13.1. The minimum absolute atomic E-state index is 0. The molecule has 0 bridgehead atoms. The number of nitrogens with one attached hydrogen (secondary N) is 2. The van der Waals surface area contributed by atoms with E-state index in [9.17, 15) is 14.0 Å². The van der Waals surface area contributed by atoms with Crippen LogP contribution in [0.3, 0.4) is 0 Å². The second-order valence-corrected chi connectivity index (χ2v) is 6.28. The summed E-state index contributed by atoms with van der Waals surface area (Å²) in [5, 5.41) is 5.80. The molecule has 1 aliphatic heterocycles. The highest BCUT2D eigenvalue weighted by molar-refractivity contribution is 5.91. The average molecular weight is 392 g/mol. The maximum atomic E-state index is 14.6. The SMILES string of the molecule is Cl.O=C(CCn1c(=O)oc2ccccc21)Nc1ccc2c(c1F)CCNC2. The van der Waals surface area contributed by atoms with Crippen LogP contribution in [0.5, 0.6) is 0 Å². The number of rotatable bonds is 4. The molecule has 2 heterocycles. The number of aryl methyl sites for hydroxylation is 1. The van der Waals surface area contributed by atoms with Crippen molar-refractivity contribution in [3.8, 4) is 0 Å². The first kappa shape index (κ1) is 19.1. The third kappa shape index (κ3) is 3.74. The molecule has 1 aromatic heterocycles. The summed E-state index contributed by atoms with van der Waals surface area (Å²) >= 11 is 0. The lowest BCUT2D eigenvalue weighted by Crippen LogP contribution is -2.25. The van der Waals surface area contributed by atoms with Crippen molar-refractivity contribution in [1.82, 2.24) is 9.88 Å². The van der Waals surface area contributed by atoms with Crippen molar-refractivity contribution >= 4 is 35.1 Å². The number of hydrogen-bond donors (Lipinski definition) is 2. The third-order valence-electron chi connectivity index (χ3n) is 4.62. The van der Waals surface area contributed by atoms with E-state index in [0.717, 1.165) is 12.1 Å². The van der Waals surface area contributed by atoms with Crippen LogP contribution in [0.1, 0.15) is 17.5 Å². The Morgan fingerprint density at radius 1 is 1.26 bits per heavy atom. The number of carbonyl (C=O) groups excluding carboxylic acids is 1. The summed E-state index contributed by atoms with van der Waals surface area (Å²) in [5.41, 5.74) is 2.87. The third-order valence-corrected chi connectivity index (χ3v) is 4.62. The van der Waals surface area contributed by atoms with Gasteiger partial charge in [0.15, 0.2) is 5.58 Å². The summed E-state index contributed by atoms with van der Waals surface area (Å²) in [7, 11) is 0. The van der Waals surface area contributed by atoms with Crippen LogP contribution in [0.4, 0.5) is 10.1 Å². The predicted octanol–water partition coefficient (Wildman–Crippen LogP) is 2.83. The topological polar surface area (TPSA) is 76.3 Å². The van der Waals surface area contributed by atoms with Gasteiger partial charge >= 0.3 is 5.76 Å². The Hall–Kier alpha value is -2.64. The number of aromatic nitrogens is 1.